The van der Waals surface area contributed by atoms with E-state index >= 15 is 0 Å². The van der Waals surface area contributed by atoms with Gasteiger partial charge in [0.05, 0.1) is 32.8 Å². The quantitative estimate of drug-likeness (QED) is 0.314. The van der Waals surface area contributed by atoms with Gasteiger partial charge < -0.3 is 20.1 Å². The number of benzene rings is 3. The second kappa shape index (κ2) is 10.6. The van der Waals surface area contributed by atoms with Crippen molar-refractivity contribution in [1.29, 1.82) is 0 Å². The van der Waals surface area contributed by atoms with Gasteiger partial charge in [-0.2, -0.15) is 0 Å². The van der Waals surface area contributed by atoms with Gasteiger partial charge in [-0.05, 0) is 86.0 Å². The standard InChI is InChI=1S/C30H22N2O10S/c33-25(15-1-11-21-23(13-15)29(37)41-27(21)35)31-17-3-7-19(8-4-17)43(39,40)20-9-5-18(6-10-20)32-26(34)16-2-12-22-24(14-16)30(38)42-28(22)36/h1,3-11,13,16,22,24H,2,12,14H2,(H,31,33)(H,32,34). The molecule has 3 aromatic rings. The van der Waals surface area contributed by atoms with Crippen molar-refractivity contribution in [3.05, 3.63) is 83.4 Å². The highest BCUT2D eigenvalue weighted by Gasteiger charge is 2.48. The van der Waals surface area contributed by atoms with E-state index in [1.165, 1.54) is 66.7 Å². The molecule has 0 aromatic heterocycles. The van der Waals surface area contributed by atoms with E-state index in [0.29, 0.717) is 24.2 Å². The molecule has 2 aliphatic heterocycles. The van der Waals surface area contributed by atoms with E-state index in [1.807, 2.05) is 0 Å². The summed E-state index contributed by atoms with van der Waals surface area (Å²) in [6.45, 7) is 0. The Balaban J connectivity index is 1.08. The van der Waals surface area contributed by atoms with Crippen LogP contribution in [0.5, 0.6) is 0 Å². The second-order valence-electron chi connectivity index (χ2n) is 10.4. The molecule has 0 spiro atoms. The number of esters is 4. The van der Waals surface area contributed by atoms with Crippen LogP contribution in [0.3, 0.4) is 0 Å². The minimum atomic E-state index is -3.93. The van der Waals surface area contributed by atoms with Crippen LogP contribution >= 0.6 is 0 Å². The predicted octanol–water partition coefficient (Wildman–Crippen LogP) is 3.14. The Kier molecular flexibility index (Phi) is 6.89. The summed E-state index contributed by atoms with van der Waals surface area (Å²) in [6.07, 6.45) is 1.04. The van der Waals surface area contributed by atoms with E-state index in [2.05, 4.69) is 20.1 Å². The van der Waals surface area contributed by atoms with E-state index in [1.54, 1.807) is 0 Å². The number of carbonyl (C=O) groups is 6. The summed E-state index contributed by atoms with van der Waals surface area (Å²) >= 11 is 0. The SMILES string of the molecule is O=C(Nc1ccc(S(=O)(=O)c2ccc(NC(=O)C3CCC4C(=O)OC(=O)C4C3)cc2)cc1)c1ccc2c(c1)C(=O)OC2=O. The number of amides is 2. The molecule has 3 aliphatic rings. The van der Waals surface area contributed by atoms with Crippen LogP contribution in [-0.4, -0.2) is 44.1 Å². The number of carbonyl (C=O) groups excluding carboxylic acids is 6. The summed E-state index contributed by atoms with van der Waals surface area (Å²) in [5, 5.41) is 5.35. The molecule has 3 unspecified atom stereocenters. The Morgan fingerprint density at radius 3 is 1.91 bits per heavy atom. The second-order valence-corrected chi connectivity index (χ2v) is 12.3. The predicted molar refractivity (Wildman–Crippen MR) is 147 cm³/mol. The van der Waals surface area contributed by atoms with Gasteiger partial charge in [-0.15, -0.1) is 0 Å². The fraction of sp³-hybridized carbons (Fsp3) is 0.200. The fourth-order valence-electron chi connectivity index (χ4n) is 5.45. The highest BCUT2D eigenvalue weighted by molar-refractivity contribution is 7.91. The molecule has 0 bridgehead atoms. The van der Waals surface area contributed by atoms with E-state index in [9.17, 15) is 37.2 Å². The average Bonchev–Trinajstić information content (AvgIpc) is 3.45. The third-order valence-electron chi connectivity index (χ3n) is 7.79. The smallest absolute Gasteiger partial charge is 0.346 e. The zero-order valence-electron chi connectivity index (χ0n) is 22.2. The average molecular weight is 603 g/mol. The van der Waals surface area contributed by atoms with E-state index in [0.717, 1.165) is 0 Å². The zero-order valence-corrected chi connectivity index (χ0v) is 23.0. The Morgan fingerprint density at radius 2 is 1.26 bits per heavy atom. The van der Waals surface area contributed by atoms with Crippen LogP contribution < -0.4 is 10.6 Å². The van der Waals surface area contributed by atoms with Crippen LogP contribution in [0.15, 0.2) is 76.5 Å². The molecular weight excluding hydrogens is 580 g/mol. The van der Waals surface area contributed by atoms with Crippen molar-refractivity contribution >= 4 is 56.9 Å². The summed E-state index contributed by atoms with van der Waals surface area (Å²) in [5.74, 6) is -5.23. The summed E-state index contributed by atoms with van der Waals surface area (Å²) in [4.78, 5) is 72.4. The van der Waals surface area contributed by atoms with E-state index in [4.69, 9.17) is 0 Å². The van der Waals surface area contributed by atoms with E-state index in [-0.39, 0.29) is 38.8 Å². The van der Waals surface area contributed by atoms with Gasteiger partial charge in [0.1, 0.15) is 0 Å². The molecule has 3 aromatic carbocycles. The molecule has 1 saturated heterocycles. The normalized spacial score (nSPS) is 21.0. The number of ether oxygens (including phenoxy) is 2. The molecule has 2 N–H and O–H groups in total. The highest BCUT2D eigenvalue weighted by Crippen LogP contribution is 2.40. The lowest BCUT2D eigenvalue weighted by Gasteiger charge is -2.26. The topological polar surface area (TPSA) is 179 Å². The molecule has 13 heteroatoms. The van der Waals surface area contributed by atoms with Crippen LogP contribution in [0.4, 0.5) is 11.4 Å². The van der Waals surface area contributed by atoms with Crippen LogP contribution in [0.25, 0.3) is 0 Å². The van der Waals surface area contributed by atoms with E-state index < -0.39 is 57.4 Å². The van der Waals surface area contributed by atoms with Crippen LogP contribution in [0.1, 0.15) is 50.3 Å². The molecule has 6 rings (SSSR count). The van der Waals surface area contributed by atoms with Crippen molar-refractivity contribution in [2.45, 2.75) is 29.1 Å². The van der Waals surface area contributed by atoms with Crippen molar-refractivity contribution in [3.8, 4) is 0 Å². The van der Waals surface area contributed by atoms with Crippen molar-refractivity contribution in [1.82, 2.24) is 0 Å². The maximum Gasteiger partial charge on any atom is 0.346 e. The minimum Gasteiger partial charge on any atom is -0.393 e. The van der Waals surface area contributed by atoms with Gasteiger partial charge in [-0.3, -0.25) is 19.2 Å². The Bertz CT molecular complexity index is 1830. The van der Waals surface area contributed by atoms with Gasteiger partial charge in [0.2, 0.25) is 15.7 Å². The largest absolute Gasteiger partial charge is 0.393 e. The molecule has 1 saturated carbocycles. The van der Waals surface area contributed by atoms with Gasteiger partial charge in [-0.25, -0.2) is 18.0 Å². The maximum absolute atomic E-state index is 13.2. The monoisotopic (exact) mass is 602 g/mol. The highest BCUT2D eigenvalue weighted by atomic mass is 32.2. The van der Waals surface area contributed by atoms with Crippen molar-refractivity contribution < 1.29 is 46.7 Å². The van der Waals surface area contributed by atoms with Gasteiger partial charge in [0, 0.05) is 22.9 Å². The Labute approximate surface area is 244 Å². The van der Waals surface area contributed by atoms with Gasteiger partial charge >= 0.3 is 23.9 Å². The van der Waals surface area contributed by atoms with Crippen molar-refractivity contribution in [3.63, 3.8) is 0 Å². The summed E-state index contributed by atoms with van der Waals surface area (Å²) in [6, 6.07) is 15.0. The Hall–Kier alpha value is -5.17. The molecule has 2 fully saturated rings. The number of anilines is 2. The lowest BCUT2D eigenvalue weighted by Crippen LogP contribution is -2.33. The lowest BCUT2D eigenvalue weighted by atomic mass is 9.75. The molecule has 1 aliphatic carbocycles. The Morgan fingerprint density at radius 1 is 0.674 bits per heavy atom. The first kappa shape index (κ1) is 28.0. The van der Waals surface area contributed by atoms with Crippen LogP contribution in [-0.2, 0) is 33.7 Å². The van der Waals surface area contributed by atoms with Gasteiger partial charge in [0.15, 0.2) is 0 Å². The molecule has 3 atom stereocenters. The number of fused-ring (bicyclic) bond motifs is 2. The summed E-state index contributed by atoms with van der Waals surface area (Å²) in [7, 11) is -3.93. The molecule has 12 nitrogen and oxygen atoms in total. The number of hydrogen-bond acceptors (Lipinski definition) is 10. The molecule has 43 heavy (non-hydrogen) atoms. The van der Waals surface area contributed by atoms with Gasteiger partial charge in [0.25, 0.3) is 5.91 Å². The first-order chi connectivity index (χ1) is 20.5. The molecule has 2 heterocycles. The maximum atomic E-state index is 13.2. The fourth-order valence-corrected chi connectivity index (χ4v) is 6.71. The zero-order chi connectivity index (χ0) is 30.5. The minimum absolute atomic E-state index is 0.00911. The molecule has 218 valence electrons. The van der Waals surface area contributed by atoms with Crippen molar-refractivity contribution in [2.75, 3.05) is 10.6 Å². The molecule has 2 amide bonds. The number of hydrogen-bond donors (Lipinski definition) is 2. The first-order valence-electron chi connectivity index (χ1n) is 13.2. The summed E-state index contributed by atoms with van der Waals surface area (Å²) in [5.41, 5.74) is 0.844. The molecule has 0 radical (unpaired) electrons. The number of cyclic esters (lactones) is 4. The van der Waals surface area contributed by atoms with Crippen LogP contribution in [0.2, 0.25) is 0 Å². The first-order valence-corrected chi connectivity index (χ1v) is 14.7. The lowest BCUT2D eigenvalue weighted by molar-refractivity contribution is -0.153. The van der Waals surface area contributed by atoms with Gasteiger partial charge in [-0.1, -0.05) is 0 Å². The number of rotatable bonds is 6. The number of sulfone groups is 1. The third-order valence-corrected chi connectivity index (χ3v) is 9.57. The number of nitrogens with one attached hydrogen (secondary N) is 2. The molecular formula is C30H22N2O10S. The summed E-state index contributed by atoms with van der Waals surface area (Å²) < 4.78 is 35.6. The van der Waals surface area contributed by atoms with Crippen molar-refractivity contribution in [2.24, 2.45) is 17.8 Å². The third kappa shape index (κ3) is 5.18. The van der Waals surface area contributed by atoms with Crippen LogP contribution in [0, 0.1) is 17.8 Å².